The molecule has 0 heterocycles. The molecule has 5 heteroatoms. The van der Waals surface area contributed by atoms with Crippen molar-refractivity contribution in [3.8, 4) is 5.75 Å². The number of nitrogens with two attached hydrogens (primary N) is 1. The standard InChI is InChI=1S/C16H24FNO3/c1-5-21-15(19)16(10-18,11(2)3)9-12-6-7-13(20-4)8-14(12)17/h6-8,11H,5,9-10,18H2,1-4H3. The third-order valence-electron chi connectivity index (χ3n) is 3.92. The third-order valence-corrected chi connectivity index (χ3v) is 3.92. The zero-order valence-electron chi connectivity index (χ0n) is 13.1. The van der Waals surface area contributed by atoms with Gasteiger partial charge in [0.05, 0.1) is 19.1 Å². The summed E-state index contributed by atoms with van der Waals surface area (Å²) in [5.74, 6) is -0.409. The molecule has 21 heavy (non-hydrogen) atoms. The molecule has 0 aliphatic heterocycles. The summed E-state index contributed by atoms with van der Waals surface area (Å²) in [6, 6.07) is 4.60. The Morgan fingerprint density at radius 3 is 2.52 bits per heavy atom. The maximum atomic E-state index is 14.1. The van der Waals surface area contributed by atoms with Gasteiger partial charge < -0.3 is 15.2 Å². The lowest BCUT2D eigenvalue weighted by Crippen LogP contribution is -2.46. The largest absolute Gasteiger partial charge is 0.497 e. The molecule has 0 saturated carbocycles. The highest BCUT2D eigenvalue weighted by Crippen LogP contribution is 2.34. The quantitative estimate of drug-likeness (QED) is 0.786. The molecule has 0 saturated heterocycles. The van der Waals surface area contributed by atoms with Crippen LogP contribution in [-0.2, 0) is 16.0 Å². The molecule has 4 nitrogen and oxygen atoms in total. The molecule has 0 spiro atoms. The molecule has 0 bridgehead atoms. The van der Waals surface area contributed by atoms with E-state index >= 15 is 0 Å². The molecule has 1 unspecified atom stereocenters. The molecule has 1 aromatic rings. The number of methoxy groups -OCH3 is 1. The van der Waals surface area contributed by atoms with E-state index in [2.05, 4.69) is 0 Å². The number of hydrogen-bond donors (Lipinski definition) is 1. The van der Waals surface area contributed by atoms with Crippen LogP contribution in [0.4, 0.5) is 4.39 Å². The Bertz CT molecular complexity index is 490. The minimum absolute atomic E-state index is 0.0666. The first-order chi connectivity index (χ1) is 9.91. The molecule has 0 aromatic heterocycles. The van der Waals surface area contributed by atoms with Crippen molar-refractivity contribution in [3.05, 3.63) is 29.6 Å². The van der Waals surface area contributed by atoms with E-state index in [0.29, 0.717) is 11.3 Å². The lowest BCUT2D eigenvalue weighted by molar-refractivity contribution is -0.157. The summed E-state index contributed by atoms with van der Waals surface area (Å²) >= 11 is 0. The zero-order valence-corrected chi connectivity index (χ0v) is 13.1. The molecule has 0 fully saturated rings. The first kappa shape index (κ1) is 17.4. The summed E-state index contributed by atoms with van der Waals surface area (Å²) in [4.78, 5) is 12.3. The van der Waals surface area contributed by atoms with Crippen LogP contribution >= 0.6 is 0 Å². The minimum Gasteiger partial charge on any atom is -0.497 e. The van der Waals surface area contributed by atoms with Crippen molar-refractivity contribution in [3.63, 3.8) is 0 Å². The number of halogens is 1. The van der Waals surface area contributed by atoms with Gasteiger partial charge in [-0.1, -0.05) is 19.9 Å². The van der Waals surface area contributed by atoms with Crippen LogP contribution in [0.25, 0.3) is 0 Å². The van der Waals surface area contributed by atoms with E-state index in [1.54, 1.807) is 19.1 Å². The van der Waals surface area contributed by atoms with E-state index in [1.165, 1.54) is 13.2 Å². The number of esters is 1. The van der Waals surface area contributed by atoms with Gasteiger partial charge in [-0.3, -0.25) is 4.79 Å². The first-order valence-electron chi connectivity index (χ1n) is 7.11. The van der Waals surface area contributed by atoms with Crippen LogP contribution < -0.4 is 10.5 Å². The summed E-state index contributed by atoms with van der Waals surface area (Å²) < 4.78 is 24.3. The van der Waals surface area contributed by atoms with Crippen LogP contribution in [0.15, 0.2) is 18.2 Å². The Kier molecular flexibility index (Phi) is 6.15. The summed E-state index contributed by atoms with van der Waals surface area (Å²) in [6.07, 6.45) is 0.204. The molecule has 0 aliphatic rings. The van der Waals surface area contributed by atoms with E-state index in [0.717, 1.165) is 0 Å². The van der Waals surface area contributed by atoms with Crippen molar-refractivity contribution in [1.29, 1.82) is 0 Å². The topological polar surface area (TPSA) is 61.5 Å². The van der Waals surface area contributed by atoms with Crippen LogP contribution in [0, 0.1) is 17.2 Å². The molecular weight excluding hydrogens is 273 g/mol. The molecular formula is C16H24FNO3. The van der Waals surface area contributed by atoms with E-state index in [4.69, 9.17) is 15.2 Å². The van der Waals surface area contributed by atoms with Gasteiger partial charge in [0.1, 0.15) is 11.6 Å². The van der Waals surface area contributed by atoms with Gasteiger partial charge in [0.2, 0.25) is 0 Å². The summed E-state index contributed by atoms with van der Waals surface area (Å²) in [7, 11) is 1.48. The molecule has 1 rings (SSSR count). The fourth-order valence-corrected chi connectivity index (χ4v) is 2.32. The van der Waals surface area contributed by atoms with Crippen LogP contribution in [0.3, 0.4) is 0 Å². The van der Waals surface area contributed by atoms with Crippen molar-refractivity contribution in [2.24, 2.45) is 17.1 Å². The van der Waals surface area contributed by atoms with Crippen LogP contribution in [0.5, 0.6) is 5.75 Å². The van der Waals surface area contributed by atoms with Gasteiger partial charge in [-0.2, -0.15) is 0 Å². The lowest BCUT2D eigenvalue weighted by Gasteiger charge is -2.34. The molecule has 0 radical (unpaired) electrons. The van der Waals surface area contributed by atoms with Crippen molar-refractivity contribution < 1.29 is 18.7 Å². The normalized spacial score (nSPS) is 13.9. The molecule has 1 aromatic carbocycles. The smallest absolute Gasteiger partial charge is 0.313 e. The van der Waals surface area contributed by atoms with Crippen molar-refractivity contribution in [2.45, 2.75) is 27.2 Å². The Morgan fingerprint density at radius 2 is 2.10 bits per heavy atom. The summed E-state index contributed by atoms with van der Waals surface area (Å²) in [5, 5.41) is 0. The van der Waals surface area contributed by atoms with Gasteiger partial charge in [0.25, 0.3) is 0 Å². The second-order valence-corrected chi connectivity index (χ2v) is 5.37. The Labute approximate surface area is 125 Å². The predicted octanol–water partition coefficient (Wildman–Crippen LogP) is 2.54. The summed E-state index contributed by atoms with van der Waals surface area (Å²) in [6.45, 7) is 5.91. The van der Waals surface area contributed by atoms with Gasteiger partial charge in [-0.15, -0.1) is 0 Å². The van der Waals surface area contributed by atoms with Gasteiger partial charge in [0, 0.05) is 12.6 Å². The molecule has 0 aliphatic carbocycles. The van der Waals surface area contributed by atoms with Gasteiger partial charge in [-0.25, -0.2) is 4.39 Å². The zero-order chi connectivity index (χ0) is 16.0. The fourth-order valence-electron chi connectivity index (χ4n) is 2.32. The fraction of sp³-hybridized carbons (Fsp3) is 0.562. The number of carbonyl (C=O) groups is 1. The van der Waals surface area contributed by atoms with Gasteiger partial charge in [0.15, 0.2) is 0 Å². The summed E-state index contributed by atoms with van der Waals surface area (Å²) in [5.41, 5.74) is 5.35. The average molecular weight is 297 g/mol. The Balaban J connectivity index is 3.15. The third kappa shape index (κ3) is 3.73. The average Bonchev–Trinajstić information content (AvgIpc) is 2.45. The van der Waals surface area contributed by atoms with Crippen LogP contribution in [0.1, 0.15) is 26.3 Å². The molecule has 1 atom stereocenters. The van der Waals surface area contributed by atoms with Gasteiger partial charge >= 0.3 is 5.97 Å². The highest BCUT2D eigenvalue weighted by molar-refractivity contribution is 5.78. The predicted molar refractivity (Wildman–Crippen MR) is 79.6 cm³/mol. The van der Waals surface area contributed by atoms with Crippen LogP contribution in [-0.4, -0.2) is 26.2 Å². The number of ether oxygens (including phenoxy) is 2. The molecule has 0 amide bonds. The lowest BCUT2D eigenvalue weighted by atomic mass is 9.72. The molecule has 2 N–H and O–H groups in total. The SMILES string of the molecule is CCOC(=O)C(CN)(Cc1ccc(OC)cc1F)C(C)C. The number of rotatable bonds is 7. The van der Waals surface area contributed by atoms with Crippen molar-refractivity contribution in [1.82, 2.24) is 0 Å². The van der Waals surface area contributed by atoms with E-state index in [-0.39, 0.29) is 31.5 Å². The van der Waals surface area contributed by atoms with Crippen molar-refractivity contribution in [2.75, 3.05) is 20.3 Å². The van der Waals surface area contributed by atoms with E-state index in [9.17, 15) is 9.18 Å². The van der Waals surface area contributed by atoms with Gasteiger partial charge in [-0.05, 0) is 30.9 Å². The van der Waals surface area contributed by atoms with Crippen molar-refractivity contribution >= 4 is 5.97 Å². The highest BCUT2D eigenvalue weighted by Gasteiger charge is 2.42. The second kappa shape index (κ2) is 7.41. The molecule has 118 valence electrons. The maximum Gasteiger partial charge on any atom is 0.313 e. The Morgan fingerprint density at radius 1 is 1.43 bits per heavy atom. The highest BCUT2D eigenvalue weighted by atomic mass is 19.1. The van der Waals surface area contributed by atoms with E-state index in [1.807, 2.05) is 13.8 Å². The minimum atomic E-state index is -0.925. The monoisotopic (exact) mass is 297 g/mol. The number of benzene rings is 1. The van der Waals surface area contributed by atoms with Crippen LogP contribution in [0.2, 0.25) is 0 Å². The first-order valence-corrected chi connectivity index (χ1v) is 7.11. The second-order valence-electron chi connectivity index (χ2n) is 5.37. The maximum absolute atomic E-state index is 14.1. The number of hydrogen-bond acceptors (Lipinski definition) is 4. The Hall–Kier alpha value is -1.62. The number of carbonyl (C=O) groups excluding carboxylic acids is 1. The van der Waals surface area contributed by atoms with E-state index < -0.39 is 11.2 Å².